The van der Waals surface area contributed by atoms with E-state index in [0.29, 0.717) is 18.6 Å². The molecule has 3 atom stereocenters. The van der Waals surface area contributed by atoms with Gasteiger partial charge in [0.1, 0.15) is 0 Å². The predicted molar refractivity (Wildman–Crippen MR) is 123 cm³/mol. The number of allylic oxidation sites excluding steroid dienone is 2. The van der Waals surface area contributed by atoms with Gasteiger partial charge in [0.15, 0.2) is 0 Å². The highest BCUT2D eigenvalue weighted by Crippen LogP contribution is 2.35. The fourth-order valence-electron chi connectivity index (χ4n) is 4.50. The number of rotatable bonds is 9. The zero-order chi connectivity index (χ0) is 20.6. The minimum Gasteiger partial charge on any atom is -0.373 e. The Morgan fingerprint density at radius 3 is 2.47 bits per heavy atom. The summed E-state index contributed by atoms with van der Waals surface area (Å²) in [6.45, 7) is 5.38. The van der Waals surface area contributed by atoms with Crippen molar-refractivity contribution in [2.24, 2.45) is 5.92 Å². The zero-order valence-electron chi connectivity index (χ0n) is 17.7. The third-order valence-electron chi connectivity index (χ3n) is 6.15. The van der Waals surface area contributed by atoms with Crippen LogP contribution in [0.2, 0.25) is 0 Å². The average Bonchev–Trinajstić information content (AvgIpc) is 2.79. The van der Waals surface area contributed by atoms with Gasteiger partial charge in [-0.25, -0.2) is 0 Å². The van der Waals surface area contributed by atoms with Gasteiger partial charge in [-0.2, -0.15) is 0 Å². The lowest BCUT2D eigenvalue weighted by Crippen LogP contribution is -2.31. The van der Waals surface area contributed by atoms with E-state index in [2.05, 4.69) is 79.4 Å². The molecule has 1 aliphatic carbocycles. The average molecular weight is 401 g/mol. The Kier molecular flexibility index (Phi) is 7.34. The maximum atomic E-state index is 6.33. The van der Waals surface area contributed by atoms with Crippen LogP contribution in [0.3, 0.4) is 0 Å². The van der Waals surface area contributed by atoms with Crippen LogP contribution in [0.5, 0.6) is 0 Å². The van der Waals surface area contributed by atoms with Crippen LogP contribution >= 0.6 is 0 Å². The first-order valence-electron chi connectivity index (χ1n) is 11.1. The highest BCUT2D eigenvalue weighted by Gasteiger charge is 2.29. The highest BCUT2D eigenvalue weighted by atomic mass is 16.5. The molecule has 1 aliphatic heterocycles. The summed E-state index contributed by atoms with van der Waals surface area (Å²) in [7, 11) is 0. The van der Waals surface area contributed by atoms with E-state index in [-0.39, 0.29) is 6.10 Å². The van der Waals surface area contributed by atoms with Gasteiger partial charge in [-0.05, 0) is 60.3 Å². The van der Waals surface area contributed by atoms with Crippen LogP contribution in [-0.4, -0.2) is 25.4 Å². The van der Waals surface area contributed by atoms with Gasteiger partial charge in [0.2, 0.25) is 0 Å². The first-order valence-corrected chi connectivity index (χ1v) is 11.1. The van der Waals surface area contributed by atoms with Crippen LogP contribution < -0.4 is 0 Å². The van der Waals surface area contributed by atoms with Gasteiger partial charge in [-0.15, -0.1) is 6.58 Å². The maximum absolute atomic E-state index is 6.33. The van der Waals surface area contributed by atoms with Crippen molar-refractivity contribution in [3.8, 4) is 0 Å². The van der Waals surface area contributed by atoms with Crippen molar-refractivity contribution in [1.82, 2.24) is 0 Å². The Labute approximate surface area is 180 Å². The van der Waals surface area contributed by atoms with Crippen LogP contribution in [0.4, 0.5) is 0 Å². The molecule has 2 aliphatic rings. The summed E-state index contributed by atoms with van der Waals surface area (Å²) in [4.78, 5) is 0. The van der Waals surface area contributed by atoms with Crippen LogP contribution in [-0.2, 0) is 22.3 Å². The van der Waals surface area contributed by atoms with E-state index in [0.717, 1.165) is 38.7 Å². The smallest absolute Gasteiger partial charge is 0.0686 e. The third kappa shape index (κ3) is 5.81. The van der Waals surface area contributed by atoms with E-state index in [1.165, 1.54) is 22.3 Å². The molecular weight excluding hydrogens is 368 g/mol. The van der Waals surface area contributed by atoms with E-state index in [1.807, 2.05) is 6.08 Å². The van der Waals surface area contributed by atoms with Crippen LogP contribution in [0.15, 0.2) is 96.6 Å². The molecule has 0 N–H and O–H groups in total. The quantitative estimate of drug-likeness (QED) is 0.474. The lowest BCUT2D eigenvalue weighted by atomic mass is 9.81. The molecule has 0 amide bonds. The molecule has 2 heteroatoms. The SMILES string of the molecule is C=CCC(Cc1ccccc1)OCC1=CC=C2CO[C@H](Cc3ccccc3)C[C@@H]2C1. The molecule has 0 spiro atoms. The van der Waals surface area contributed by atoms with Gasteiger partial charge < -0.3 is 9.47 Å². The van der Waals surface area contributed by atoms with Gasteiger partial charge in [0.05, 0.1) is 25.4 Å². The normalized spacial score (nSPS) is 21.9. The summed E-state index contributed by atoms with van der Waals surface area (Å²) in [5.74, 6) is 0.586. The van der Waals surface area contributed by atoms with Crippen LogP contribution in [0, 0.1) is 5.92 Å². The number of hydrogen-bond donors (Lipinski definition) is 0. The second-order valence-corrected chi connectivity index (χ2v) is 8.47. The lowest BCUT2D eigenvalue weighted by molar-refractivity contribution is 0.0215. The monoisotopic (exact) mass is 400 g/mol. The molecule has 1 fully saturated rings. The molecule has 0 aromatic heterocycles. The summed E-state index contributed by atoms with van der Waals surface area (Å²) < 4.78 is 12.5. The minimum atomic E-state index is 0.177. The van der Waals surface area contributed by atoms with Gasteiger partial charge in [0.25, 0.3) is 0 Å². The van der Waals surface area contributed by atoms with Crippen LogP contribution in [0.1, 0.15) is 30.4 Å². The summed E-state index contributed by atoms with van der Waals surface area (Å²) in [5.41, 5.74) is 5.51. The molecular formula is C28H32O2. The molecule has 0 radical (unpaired) electrons. The summed E-state index contributed by atoms with van der Waals surface area (Å²) in [6, 6.07) is 21.3. The van der Waals surface area contributed by atoms with E-state index in [4.69, 9.17) is 9.47 Å². The van der Waals surface area contributed by atoms with Crippen molar-refractivity contribution in [3.63, 3.8) is 0 Å². The topological polar surface area (TPSA) is 18.5 Å². The Hall–Kier alpha value is -2.42. The third-order valence-corrected chi connectivity index (χ3v) is 6.15. The van der Waals surface area contributed by atoms with E-state index in [9.17, 15) is 0 Å². The van der Waals surface area contributed by atoms with Gasteiger partial charge in [-0.1, -0.05) is 78.9 Å². The maximum Gasteiger partial charge on any atom is 0.0686 e. The van der Waals surface area contributed by atoms with Gasteiger partial charge in [-0.3, -0.25) is 0 Å². The van der Waals surface area contributed by atoms with Crippen molar-refractivity contribution in [3.05, 3.63) is 108 Å². The number of benzene rings is 2. The Morgan fingerprint density at radius 2 is 1.73 bits per heavy atom. The fourth-order valence-corrected chi connectivity index (χ4v) is 4.50. The second-order valence-electron chi connectivity index (χ2n) is 8.47. The second kappa shape index (κ2) is 10.6. The molecule has 0 bridgehead atoms. The molecule has 4 rings (SSSR count). The summed E-state index contributed by atoms with van der Waals surface area (Å²) >= 11 is 0. The highest BCUT2D eigenvalue weighted by molar-refractivity contribution is 5.29. The van der Waals surface area contributed by atoms with Crippen molar-refractivity contribution in [1.29, 1.82) is 0 Å². The zero-order valence-corrected chi connectivity index (χ0v) is 17.7. The lowest BCUT2D eigenvalue weighted by Gasteiger charge is -2.34. The number of hydrogen-bond acceptors (Lipinski definition) is 2. The van der Waals surface area contributed by atoms with Gasteiger partial charge >= 0.3 is 0 Å². The van der Waals surface area contributed by atoms with E-state index < -0.39 is 0 Å². The summed E-state index contributed by atoms with van der Waals surface area (Å²) in [5, 5.41) is 0. The Bertz CT molecular complexity index is 866. The Balaban J connectivity index is 1.31. The molecule has 2 nitrogen and oxygen atoms in total. The van der Waals surface area contributed by atoms with Gasteiger partial charge in [0, 0.05) is 0 Å². The molecule has 30 heavy (non-hydrogen) atoms. The van der Waals surface area contributed by atoms with Crippen molar-refractivity contribution >= 4 is 0 Å². The van der Waals surface area contributed by atoms with Crippen LogP contribution in [0.25, 0.3) is 0 Å². The van der Waals surface area contributed by atoms with Crippen molar-refractivity contribution in [2.45, 2.75) is 44.3 Å². The molecule has 1 saturated heterocycles. The Morgan fingerprint density at radius 1 is 1.00 bits per heavy atom. The molecule has 2 aromatic carbocycles. The predicted octanol–water partition coefficient (Wildman–Crippen LogP) is 6.09. The first kappa shape index (κ1) is 20.8. The molecule has 1 heterocycles. The molecule has 156 valence electrons. The van der Waals surface area contributed by atoms with E-state index in [1.54, 1.807) is 0 Å². The number of ether oxygens (including phenoxy) is 2. The number of fused-ring (bicyclic) bond motifs is 1. The largest absolute Gasteiger partial charge is 0.373 e. The van der Waals surface area contributed by atoms with E-state index >= 15 is 0 Å². The molecule has 0 saturated carbocycles. The minimum absolute atomic E-state index is 0.177. The standard InChI is InChI=1S/C28H32O2/c1-2-9-27(17-22-10-5-3-6-11-22)29-20-24-14-15-25-21-30-28(19-26(25)16-24)18-23-12-7-4-8-13-23/h2-8,10-15,26-28H,1,9,16-21H2/t26-,27?,28+/m0/s1. The van der Waals surface area contributed by atoms with Crippen molar-refractivity contribution in [2.75, 3.05) is 13.2 Å². The molecule has 2 aromatic rings. The van der Waals surface area contributed by atoms with Crippen molar-refractivity contribution < 1.29 is 9.47 Å². The molecule has 1 unspecified atom stereocenters. The first-order chi connectivity index (χ1) is 14.8. The fraction of sp³-hybridized carbons (Fsp3) is 0.357. The summed E-state index contributed by atoms with van der Waals surface area (Å²) in [6.07, 6.45) is 12.0.